The number of amides is 2. The fourth-order valence-electron chi connectivity index (χ4n) is 2.06. The summed E-state index contributed by atoms with van der Waals surface area (Å²) in [5.41, 5.74) is 5.08. The number of halogens is 1. The normalized spacial score (nSPS) is 15.0. The highest BCUT2D eigenvalue weighted by Crippen LogP contribution is 2.24. The van der Waals surface area contributed by atoms with Crippen LogP contribution in [0.5, 0.6) is 5.88 Å². The summed E-state index contributed by atoms with van der Waals surface area (Å²) in [6.45, 7) is 8.05. The van der Waals surface area contributed by atoms with E-state index in [0.29, 0.717) is 25.2 Å². The number of rotatable bonds is 4. The first kappa shape index (κ1) is 18.3. The average molecular weight is 357 g/mol. The molecule has 1 saturated heterocycles. The van der Waals surface area contributed by atoms with Crippen LogP contribution in [0.25, 0.3) is 0 Å². The topological polar surface area (TPSA) is 108 Å². The summed E-state index contributed by atoms with van der Waals surface area (Å²) in [5.74, 6) is -0.491. The first-order valence-electron chi connectivity index (χ1n) is 7.61. The van der Waals surface area contributed by atoms with Crippen LogP contribution in [-0.2, 0) is 11.2 Å². The van der Waals surface area contributed by atoms with Crippen LogP contribution < -0.4 is 10.5 Å². The van der Waals surface area contributed by atoms with E-state index in [4.69, 9.17) is 26.8 Å². The quantitative estimate of drug-likeness (QED) is 0.881. The van der Waals surface area contributed by atoms with Gasteiger partial charge in [-0.05, 0) is 27.2 Å². The first-order valence-corrected chi connectivity index (χ1v) is 7.99. The molecule has 0 radical (unpaired) electrons. The zero-order chi connectivity index (χ0) is 18.1. The Bertz CT molecular complexity index is 654. The van der Waals surface area contributed by atoms with Gasteiger partial charge in [0.15, 0.2) is 10.8 Å². The molecule has 1 aliphatic heterocycles. The number of hydrogen-bond acceptors (Lipinski definition) is 6. The van der Waals surface area contributed by atoms with Crippen LogP contribution >= 0.6 is 11.6 Å². The van der Waals surface area contributed by atoms with E-state index in [1.807, 2.05) is 27.7 Å². The van der Waals surface area contributed by atoms with Crippen molar-refractivity contribution < 1.29 is 19.1 Å². The molecule has 8 nitrogen and oxygen atoms in total. The lowest BCUT2D eigenvalue weighted by atomic mass is 10.1. The van der Waals surface area contributed by atoms with Gasteiger partial charge in [0.25, 0.3) is 5.91 Å². The molecular weight excluding hydrogens is 336 g/mol. The monoisotopic (exact) mass is 356 g/mol. The molecule has 0 atom stereocenters. The van der Waals surface area contributed by atoms with Gasteiger partial charge in [-0.2, -0.15) is 4.98 Å². The standard InChI is InChI=1S/C15H21ClN4O4/c1-5-9-13(19-11(16)10(18-9)12(17)21)23-8-6-20(7-8)14(22)24-15(2,3)4/h8H,5-7H2,1-4H3,(H2,17,21). The molecule has 1 aromatic heterocycles. The van der Waals surface area contributed by atoms with Crippen LogP contribution in [0.1, 0.15) is 43.9 Å². The van der Waals surface area contributed by atoms with E-state index in [9.17, 15) is 9.59 Å². The number of carbonyl (C=O) groups excluding carboxylic acids is 2. The smallest absolute Gasteiger partial charge is 0.410 e. The zero-order valence-electron chi connectivity index (χ0n) is 14.1. The number of aromatic nitrogens is 2. The third kappa shape index (κ3) is 4.25. The Morgan fingerprint density at radius 3 is 2.46 bits per heavy atom. The van der Waals surface area contributed by atoms with Gasteiger partial charge in [0.1, 0.15) is 17.4 Å². The van der Waals surface area contributed by atoms with Crippen molar-refractivity contribution in [2.75, 3.05) is 13.1 Å². The number of nitrogens with zero attached hydrogens (tertiary/aromatic N) is 3. The van der Waals surface area contributed by atoms with Gasteiger partial charge in [-0.25, -0.2) is 9.78 Å². The highest BCUT2D eigenvalue weighted by Gasteiger charge is 2.36. The van der Waals surface area contributed by atoms with Crippen molar-refractivity contribution in [1.82, 2.24) is 14.9 Å². The van der Waals surface area contributed by atoms with E-state index in [-0.39, 0.29) is 28.9 Å². The number of aryl methyl sites for hydroxylation is 1. The highest BCUT2D eigenvalue weighted by molar-refractivity contribution is 6.32. The zero-order valence-corrected chi connectivity index (χ0v) is 14.9. The summed E-state index contributed by atoms with van der Waals surface area (Å²) in [6.07, 6.45) is -0.110. The van der Waals surface area contributed by atoms with Gasteiger partial charge >= 0.3 is 6.09 Å². The molecule has 0 spiro atoms. The molecule has 0 saturated carbocycles. The minimum atomic E-state index is -0.742. The molecule has 2 amide bonds. The third-order valence-corrected chi connectivity index (χ3v) is 3.50. The summed E-state index contributed by atoms with van der Waals surface area (Å²) in [6, 6.07) is 0. The minimum absolute atomic E-state index is 0.0788. The van der Waals surface area contributed by atoms with Crippen LogP contribution in [0.4, 0.5) is 4.79 Å². The van der Waals surface area contributed by atoms with E-state index in [0.717, 1.165) is 0 Å². The molecule has 0 aromatic carbocycles. The van der Waals surface area contributed by atoms with Crippen molar-refractivity contribution in [3.05, 3.63) is 16.5 Å². The predicted molar refractivity (Wildman–Crippen MR) is 87.2 cm³/mol. The van der Waals surface area contributed by atoms with Crippen molar-refractivity contribution in [2.45, 2.75) is 45.8 Å². The lowest BCUT2D eigenvalue weighted by Crippen LogP contribution is -2.57. The Labute approximate surface area is 145 Å². The maximum atomic E-state index is 11.9. The third-order valence-electron chi connectivity index (χ3n) is 3.24. The number of ether oxygens (including phenoxy) is 2. The Morgan fingerprint density at radius 2 is 1.96 bits per heavy atom. The van der Waals surface area contributed by atoms with Gasteiger partial charge in [0.2, 0.25) is 5.88 Å². The Hall–Kier alpha value is -2.09. The molecule has 0 aliphatic carbocycles. The highest BCUT2D eigenvalue weighted by atomic mass is 35.5. The van der Waals surface area contributed by atoms with Gasteiger partial charge in [-0.15, -0.1) is 0 Å². The second-order valence-corrected chi connectivity index (χ2v) is 6.82. The van der Waals surface area contributed by atoms with Crippen molar-refractivity contribution in [3.63, 3.8) is 0 Å². The van der Waals surface area contributed by atoms with E-state index in [1.54, 1.807) is 0 Å². The van der Waals surface area contributed by atoms with E-state index >= 15 is 0 Å². The lowest BCUT2D eigenvalue weighted by molar-refractivity contribution is -0.0235. The fourth-order valence-corrected chi connectivity index (χ4v) is 2.28. The predicted octanol–water partition coefficient (Wildman–Crippen LogP) is 1.79. The SMILES string of the molecule is CCc1nc(C(N)=O)c(Cl)nc1OC1CN(C(=O)OC(C)(C)C)C1. The first-order chi connectivity index (χ1) is 11.1. The lowest BCUT2D eigenvalue weighted by Gasteiger charge is -2.39. The van der Waals surface area contributed by atoms with Gasteiger partial charge in [0.05, 0.1) is 13.1 Å². The maximum absolute atomic E-state index is 11.9. The Balaban J connectivity index is 2.00. The van der Waals surface area contributed by atoms with E-state index < -0.39 is 11.5 Å². The fraction of sp³-hybridized carbons (Fsp3) is 0.600. The van der Waals surface area contributed by atoms with Crippen molar-refractivity contribution in [3.8, 4) is 5.88 Å². The minimum Gasteiger partial charge on any atom is -0.469 e. The van der Waals surface area contributed by atoms with Crippen LogP contribution in [0.15, 0.2) is 0 Å². The summed E-state index contributed by atoms with van der Waals surface area (Å²) in [7, 11) is 0. The molecule has 24 heavy (non-hydrogen) atoms. The maximum Gasteiger partial charge on any atom is 0.410 e. The summed E-state index contributed by atoms with van der Waals surface area (Å²) >= 11 is 5.91. The molecule has 1 aromatic rings. The summed E-state index contributed by atoms with van der Waals surface area (Å²) < 4.78 is 11.0. The van der Waals surface area contributed by atoms with Gasteiger partial charge in [-0.3, -0.25) is 4.79 Å². The molecule has 9 heteroatoms. The molecule has 2 heterocycles. The largest absolute Gasteiger partial charge is 0.469 e. The van der Waals surface area contributed by atoms with Crippen LogP contribution in [-0.4, -0.2) is 51.7 Å². The van der Waals surface area contributed by atoms with E-state index in [2.05, 4.69) is 9.97 Å². The molecule has 2 N–H and O–H groups in total. The van der Waals surface area contributed by atoms with Gasteiger partial charge in [-0.1, -0.05) is 18.5 Å². The molecule has 0 unspecified atom stereocenters. The number of carbonyl (C=O) groups is 2. The molecule has 0 bridgehead atoms. The number of primary amides is 1. The Kier molecular flexibility index (Phi) is 5.17. The van der Waals surface area contributed by atoms with Crippen LogP contribution in [0.2, 0.25) is 5.15 Å². The molecule has 1 aliphatic rings. The number of nitrogens with two attached hydrogens (primary N) is 1. The van der Waals surface area contributed by atoms with E-state index in [1.165, 1.54) is 4.90 Å². The van der Waals surface area contributed by atoms with Crippen LogP contribution in [0, 0.1) is 0 Å². The van der Waals surface area contributed by atoms with Crippen LogP contribution in [0.3, 0.4) is 0 Å². The van der Waals surface area contributed by atoms with Crippen molar-refractivity contribution >= 4 is 23.6 Å². The number of hydrogen-bond donors (Lipinski definition) is 1. The Morgan fingerprint density at radius 1 is 1.33 bits per heavy atom. The van der Waals surface area contributed by atoms with Gasteiger partial charge < -0.3 is 20.1 Å². The summed E-state index contributed by atoms with van der Waals surface area (Å²) in [4.78, 5) is 32.8. The van der Waals surface area contributed by atoms with Gasteiger partial charge in [0, 0.05) is 0 Å². The van der Waals surface area contributed by atoms with Crippen molar-refractivity contribution in [1.29, 1.82) is 0 Å². The second-order valence-electron chi connectivity index (χ2n) is 6.46. The van der Waals surface area contributed by atoms with Crippen molar-refractivity contribution in [2.24, 2.45) is 5.73 Å². The average Bonchev–Trinajstić information content (AvgIpc) is 2.39. The molecular formula is C15H21ClN4O4. The second kappa shape index (κ2) is 6.80. The molecule has 1 fully saturated rings. The number of likely N-dealkylation sites (tertiary alicyclic amines) is 1. The summed E-state index contributed by atoms with van der Waals surface area (Å²) in [5, 5.41) is -0.0991. The molecule has 2 rings (SSSR count). The molecule has 132 valence electrons.